The van der Waals surface area contributed by atoms with Crippen molar-refractivity contribution in [2.75, 3.05) is 0 Å². The lowest BCUT2D eigenvalue weighted by atomic mass is 9.85. The van der Waals surface area contributed by atoms with Crippen LogP contribution in [0.2, 0.25) is 0 Å². The van der Waals surface area contributed by atoms with E-state index in [4.69, 9.17) is 11.6 Å². The molecule has 0 heterocycles. The van der Waals surface area contributed by atoms with E-state index in [0.29, 0.717) is 6.42 Å². The number of hydrogen-bond acceptors (Lipinski definition) is 1. The largest absolute Gasteiger partial charge is 0.281 e. The standard InChI is InChI=1S/C17H17ClO/c1-12-8-9-13(2)15(10-12)16(11-17(18)19)14-6-4-3-5-7-14/h3-10,16H,11H2,1-2H3. The molecular formula is C17H17ClO. The summed E-state index contributed by atoms with van der Waals surface area (Å²) in [7, 11) is 0. The number of hydrogen-bond donors (Lipinski definition) is 0. The fourth-order valence-corrected chi connectivity index (χ4v) is 2.54. The Morgan fingerprint density at radius 3 is 2.42 bits per heavy atom. The monoisotopic (exact) mass is 272 g/mol. The lowest BCUT2D eigenvalue weighted by molar-refractivity contribution is -0.111. The van der Waals surface area contributed by atoms with Crippen LogP contribution in [0.15, 0.2) is 48.5 Å². The van der Waals surface area contributed by atoms with Gasteiger partial charge in [0.25, 0.3) is 0 Å². The van der Waals surface area contributed by atoms with Crippen LogP contribution in [0.3, 0.4) is 0 Å². The molecule has 0 aliphatic carbocycles. The number of carbonyl (C=O) groups excluding carboxylic acids is 1. The molecule has 98 valence electrons. The van der Waals surface area contributed by atoms with E-state index in [9.17, 15) is 4.79 Å². The van der Waals surface area contributed by atoms with Crippen molar-refractivity contribution in [1.29, 1.82) is 0 Å². The van der Waals surface area contributed by atoms with E-state index in [0.717, 1.165) is 5.56 Å². The highest BCUT2D eigenvalue weighted by Gasteiger charge is 2.18. The van der Waals surface area contributed by atoms with Gasteiger partial charge in [-0.15, -0.1) is 0 Å². The molecule has 2 aromatic carbocycles. The van der Waals surface area contributed by atoms with Gasteiger partial charge < -0.3 is 0 Å². The highest BCUT2D eigenvalue weighted by molar-refractivity contribution is 6.63. The van der Waals surface area contributed by atoms with Gasteiger partial charge in [-0.25, -0.2) is 0 Å². The molecule has 0 fully saturated rings. The van der Waals surface area contributed by atoms with Crippen molar-refractivity contribution in [2.45, 2.75) is 26.2 Å². The second-order valence-electron chi connectivity index (χ2n) is 4.88. The molecule has 0 aliphatic rings. The van der Waals surface area contributed by atoms with Gasteiger partial charge in [-0.3, -0.25) is 4.79 Å². The van der Waals surface area contributed by atoms with E-state index in [2.05, 4.69) is 32.0 Å². The van der Waals surface area contributed by atoms with Crippen molar-refractivity contribution in [2.24, 2.45) is 0 Å². The van der Waals surface area contributed by atoms with Crippen molar-refractivity contribution in [3.05, 3.63) is 70.8 Å². The second kappa shape index (κ2) is 6.03. The van der Waals surface area contributed by atoms with Gasteiger partial charge in [0.15, 0.2) is 0 Å². The van der Waals surface area contributed by atoms with Crippen LogP contribution in [-0.2, 0) is 4.79 Å². The summed E-state index contributed by atoms with van der Waals surface area (Å²) in [6, 6.07) is 16.4. The number of aryl methyl sites for hydroxylation is 2. The molecule has 0 saturated carbocycles. The van der Waals surface area contributed by atoms with Gasteiger partial charge in [0.2, 0.25) is 5.24 Å². The number of rotatable bonds is 4. The molecule has 0 N–H and O–H groups in total. The Labute approximate surface area is 119 Å². The van der Waals surface area contributed by atoms with Crippen LogP contribution < -0.4 is 0 Å². The third-order valence-corrected chi connectivity index (χ3v) is 3.53. The molecule has 0 amide bonds. The van der Waals surface area contributed by atoms with Crippen LogP contribution in [0, 0.1) is 13.8 Å². The molecule has 0 saturated heterocycles. The molecule has 19 heavy (non-hydrogen) atoms. The smallest absolute Gasteiger partial charge is 0.222 e. The lowest BCUT2D eigenvalue weighted by Gasteiger charge is -2.19. The summed E-state index contributed by atoms with van der Waals surface area (Å²) in [5, 5.41) is -0.297. The van der Waals surface area contributed by atoms with Crippen molar-refractivity contribution in [3.63, 3.8) is 0 Å². The van der Waals surface area contributed by atoms with Crippen LogP contribution in [0.4, 0.5) is 0 Å². The Hall–Kier alpha value is -1.60. The molecule has 2 aromatic rings. The van der Waals surface area contributed by atoms with Gasteiger partial charge in [0, 0.05) is 12.3 Å². The van der Waals surface area contributed by atoms with E-state index in [1.807, 2.05) is 30.3 Å². The summed E-state index contributed by atoms with van der Waals surface area (Å²) in [4.78, 5) is 11.4. The Morgan fingerprint density at radius 2 is 1.79 bits per heavy atom. The molecule has 0 aromatic heterocycles. The van der Waals surface area contributed by atoms with E-state index in [1.54, 1.807) is 0 Å². The molecule has 1 nitrogen and oxygen atoms in total. The molecule has 0 spiro atoms. The predicted octanol–water partition coefficient (Wildman–Crippen LogP) is 4.59. The molecule has 0 aliphatic heterocycles. The first-order valence-corrected chi connectivity index (χ1v) is 6.76. The summed E-state index contributed by atoms with van der Waals surface area (Å²) in [5.74, 6) is 0.0334. The highest BCUT2D eigenvalue weighted by Crippen LogP contribution is 2.31. The Kier molecular flexibility index (Phi) is 4.39. The zero-order valence-corrected chi connectivity index (χ0v) is 11.9. The second-order valence-corrected chi connectivity index (χ2v) is 5.30. The summed E-state index contributed by atoms with van der Waals surface area (Å²) < 4.78 is 0. The zero-order valence-electron chi connectivity index (χ0n) is 11.2. The number of benzene rings is 2. The Balaban J connectivity index is 2.48. The van der Waals surface area contributed by atoms with Crippen molar-refractivity contribution < 1.29 is 4.79 Å². The van der Waals surface area contributed by atoms with Gasteiger partial charge >= 0.3 is 0 Å². The maximum absolute atomic E-state index is 11.4. The van der Waals surface area contributed by atoms with Crippen molar-refractivity contribution in [3.8, 4) is 0 Å². The van der Waals surface area contributed by atoms with Gasteiger partial charge in [-0.1, -0.05) is 54.1 Å². The van der Waals surface area contributed by atoms with Gasteiger partial charge in [-0.2, -0.15) is 0 Å². The minimum absolute atomic E-state index is 0.0334. The first-order valence-electron chi connectivity index (χ1n) is 6.38. The van der Waals surface area contributed by atoms with Crippen LogP contribution in [0.25, 0.3) is 0 Å². The maximum Gasteiger partial charge on any atom is 0.222 e. The van der Waals surface area contributed by atoms with Crippen LogP contribution in [0.1, 0.15) is 34.6 Å². The first-order chi connectivity index (χ1) is 9.08. The lowest BCUT2D eigenvalue weighted by Crippen LogP contribution is -2.07. The fourth-order valence-electron chi connectivity index (χ4n) is 2.39. The molecule has 0 radical (unpaired) electrons. The molecule has 1 unspecified atom stereocenters. The first kappa shape index (κ1) is 13.8. The van der Waals surface area contributed by atoms with Crippen LogP contribution >= 0.6 is 11.6 Å². The predicted molar refractivity (Wildman–Crippen MR) is 79.7 cm³/mol. The van der Waals surface area contributed by atoms with E-state index in [1.165, 1.54) is 16.7 Å². The quantitative estimate of drug-likeness (QED) is 0.744. The number of carbonyl (C=O) groups is 1. The molecule has 0 bridgehead atoms. The zero-order chi connectivity index (χ0) is 13.8. The molecule has 2 rings (SSSR count). The van der Waals surface area contributed by atoms with Crippen molar-refractivity contribution >= 4 is 16.8 Å². The molecule has 2 heteroatoms. The Morgan fingerprint density at radius 1 is 1.11 bits per heavy atom. The average molecular weight is 273 g/mol. The van der Waals surface area contributed by atoms with E-state index < -0.39 is 0 Å². The van der Waals surface area contributed by atoms with Gasteiger partial charge in [0.05, 0.1) is 0 Å². The SMILES string of the molecule is Cc1ccc(C)c(C(CC(=O)Cl)c2ccccc2)c1. The minimum atomic E-state index is -0.297. The van der Waals surface area contributed by atoms with Crippen LogP contribution in [0.5, 0.6) is 0 Å². The van der Waals surface area contributed by atoms with Crippen LogP contribution in [-0.4, -0.2) is 5.24 Å². The summed E-state index contributed by atoms with van der Waals surface area (Å²) in [6.45, 7) is 4.14. The maximum atomic E-state index is 11.4. The van der Waals surface area contributed by atoms with E-state index >= 15 is 0 Å². The topological polar surface area (TPSA) is 17.1 Å². The summed E-state index contributed by atoms with van der Waals surface area (Å²) >= 11 is 5.63. The van der Waals surface area contributed by atoms with Gasteiger partial charge in [-0.05, 0) is 42.1 Å². The average Bonchev–Trinajstić information content (AvgIpc) is 2.40. The van der Waals surface area contributed by atoms with E-state index in [-0.39, 0.29) is 11.2 Å². The Bertz CT molecular complexity index is 575. The number of halogens is 1. The third kappa shape index (κ3) is 3.45. The third-order valence-electron chi connectivity index (χ3n) is 3.38. The summed E-state index contributed by atoms with van der Waals surface area (Å²) in [6.07, 6.45) is 0.329. The molecule has 1 atom stereocenters. The summed E-state index contributed by atoms with van der Waals surface area (Å²) in [5.41, 5.74) is 4.70. The normalized spacial score (nSPS) is 12.2. The van der Waals surface area contributed by atoms with Gasteiger partial charge in [0.1, 0.15) is 0 Å². The highest BCUT2D eigenvalue weighted by atomic mass is 35.5. The fraction of sp³-hybridized carbons (Fsp3) is 0.235. The van der Waals surface area contributed by atoms with Crippen molar-refractivity contribution in [1.82, 2.24) is 0 Å². The molecular weight excluding hydrogens is 256 g/mol. The minimum Gasteiger partial charge on any atom is -0.281 e.